The van der Waals surface area contributed by atoms with Gasteiger partial charge in [0.1, 0.15) is 0 Å². The number of hydrogen-bond donors (Lipinski definition) is 0. The number of carbonyl (C=O) groups excluding carboxylic acids is 1. The largest absolute Gasteiger partial charge is 0.289 e. The molecule has 0 saturated carbocycles. The molecule has 0 aliphatic heterocycles. The number of hydrogen-bond acceptors (Lipinski definition) is 2. The van der Waals surface area contributed by atoms with Crippen molar-refractivity contribution in [2.45, 2.75) is 6.54 Å². The third-order valence-electron chi connectivity index (χ3n) is 4.26. The Morgan fingerprint density at radius 3 is 2.32 bits per heavy atom. The monoisotopic (exact) mass is 325 g/mol. The van der Waals surface area contributed by atoms with E-state index >= 15 is 0 Å². The summed E-state index contributed by atoms with van der Waals surface area (Å²) in [7, 11) is 0. The molecule has 25 heavy (non-hydrogen) atoms. The molecule has 0 N–H and O–H groups in total. The topological polar surface area (TPSA) is 33.8 Å². The zero-order valence-electron chi connectivity index (χ0n) is 13.7. The number of pyridine rings is 2. The predicted octanol–water partition coefficient (Wildman–Crippen LogP) is 3.80. The molecule has 0 atom stereocenters. The first-order valence-corrected chi connectivity index (χ1v) is 8.23. The number of aromatic nitrogens is 2. The average molecular weight is 325 g/mol. The van der Waals surface area contributed by atoms with E-state index in [1.165, 1.54) is 0 Å². The quantitative estimate of drug-likeness (QED) is 0.422. The highest BCUT2D eigenvalue weighted by molar-refractivity contribution is 6.08. The SMILES string of the molecule is O=C(c1ccccc1)c1cc[n+](Cc2cccc3cccnc23)cc1. The van der Waals surface area contributed by atoms with Gasteiger partial charge in [0.25, 0.3) is 0 Å². The second kappa shape index (κ2) is 6.65. The van der Waals surface area contributed by atoms with Crippen LogP contribution in [0.4, 0.5) is 0 Å². The number of fused-ring (bicyclic) bond motifs is 1. The summed E-state index contributed by atoms with van der Waals surface area (Å²) >= 11 is 0. The molecule has 2 heterocycles. The summed E-state index contributed by atoms with van der Waals surface area (Å²) in [6, 6.07) is 23.3. The molecule has 4 rings (SSSR count). The Balaban J connectivity index is 1.59. The fourth-order valence-electron chi connectivity index (χ4n) is 2.96. The van der Waals surface area contributed by atoms with E-state index in [0.29, 0.717) is 17.7 Å². The average Bonchev–Trinajstić information content (AvgIpc) is 2.69. The Labute approximate surface area is 146 Å². The van der Waals surface area contributed by atoms with Crippen molar-refractivity contribution in [3.63, 3.8) is 0 Å². The number of nitrogens with zero attached hydrogens (tertiary/aromatic N) is 2. The van der Waals surface area contributed by atoms with Crippen molar-refractivity contribution in [2.24, 2.45) is 0 Å². The van der Waals surface area contributed by atoms with E-state index < -0.39 is 0 Å². The van der Waals surface area contributed by atoms with Crippen LogP contribution in [0.1, 0.15) is 21.5 Å². The van der Waals surface area contributed by atoms with E-state index in [9.17, 15) is 4.79 Å². The van der Waals surface area contributed by atoms with E-state index in [4.69, 9.17) is 0 Å². The van der Waals surface area contributed by atoms with Gasteiger partial charge in [-0.2, -0.15) is 0 Å². The van der Waals surface area contributed by atoms with E-state index in [1.54, 1.807) is 0 Å². The summed E-state index contributed by atoms with van der Waals surface area (Å²) < 4.78 is 2.06. The minimum atomic E-state index is 0.0413. The summed E-state index contributed by atoms with van der Waals surface area (Å²) in [6.07, 6.45) is 5.70. The third-order valence-corrected chi connectivity index (χ3v) is 4.26. The summed E-state index contributed by atoms with van der Waals surface area (Å²) in [5, 5.41) is 1.14. The van der Waals surface area contributed by atoms with Gasteiger partial charge < -0.3 is 0 Å². The maximum atomic E-state index is 12.5. The van der Waals surface area contributed by atoms with E-state index in [2.05, 4.69) is 27.8 Å². The molecule has 4 aromatic rings. The standard InChI is InChI=1S/C22H17N2O/c25-22(18-6-2-1-3-7-18)19-11-14-24(15-12-19)16-20-9-4-8-17-10-5-13-23-21(17)20/h1-15H,16H2/q+1. The summed E-state index contributed by atoms with van der Waals surface area (Å²) in [4.78, 5) is 17.0. The van der Waals surface area contributed by atoms with Crippen molar-refractivity contribution in [3.8, 4) is 0 Å². The molecule has 0 amide bonds. The van der Waals surface area contributed by atoms with Crippen LogP contribution in [0, 0.1) is 0 Å². The van der Waals surface area contributed by atoms with Crippen molar-refractivity contribution < 1.29 is 9.36 Å². The van der Waals surface area contributed by atoms with Crippen LogP contribution in [0.3, 0.4) is 0 Å². The maximum Gasteiger partial charge on any atom is 0.193 e. The fourth-order valence-corrected chi connectivity index (χ4v) is 2.96. The molecule has 2 aromatic heterocycles. The second-order valence-electron chi connectivity index (χ2n) is 5.95. The van der Waals surface area contributed by atoms with E-state index in [-0.39, 0.29) is 5.78 Å². The van der Waals surface area contributed by atoms with Crippen molar-refractivity contribution in [1.29, 1.82) is 0 Å². The lowest BCUT2D eigenvalue weighted by molar-refractivity contribution is -0.688. The predicted molar refractivity (Wildman–Crippen MR) is 97.4 cm³/mol. The van der Waals surface area contributed by atoms with Crippen molar-refractivity contribution in [1.82, 2.24) is 4.98 Å². The summed E-state index contributed by atoms with van der Waals surface area (Å²) in [6.45, 7) is 0.716. The van der Waals surface area contributed by atoms with Gasteiger partial charge in [0.2, 0.25) is 0 Å². The number of ketones is 1. The van der Waals surface area contributed by atoms with E-state index in [0.717, 1.165) is 16.5 Å². The lowest BCUT2D eigenvalue weighted by atomic mass is 10.0. The lowest BCUT2D eigenvalue weighted by Gasteiger charge is -2.04. The Hall–Kier alpha value is -3.33. The molecule has 3 heteroatoms. The number of para-hydroxylation sites is 1. The van der Waals surface area contributed by atoms with Gasteiger partial charge in [-0.05, 0) is 6.07 Å². The van der Waals surface area contributed by atoms with Crippen LogP contribution < -0.4 is 4.57 Å². The molecule has 120 valence electrons. The molecule has 3 nitrogen and oxygen atoms in total. The second-order valence-corrected chi connectivity index (χ2v) is 5.95. The lowest BCUT2D eigenvalue weighted by Crippen LogP contribution is -2.33. The van der Waals surface area contributed by atoms with Gasteiger partial charge in [-0.25, -0.2) is 4.57 Å². The molecule has 0 unspecified atom stereocenters. The molecule has 0 saturated heterocycles. The Kier molecular flexibility index (Phi) is 4.05. The first-order chi connectivity index (χ1) is 12.3. The molecule has 0 radical (unpaired) electrons. The third kappa shape index (κ3) is 3.17. The zero-order chi connectivity index (χ0) is 17.1. The molecular formula is C22H17N2O+. The van der Waals surface area contributed by atoms with Crippen molar-refractivity contribution >= 4 is 16.7 Å². The maximum absolute atomic E-state index is 12.5. The Morgan fingerprint density at radius 1 is 0.800 bits per heavy atom. The normalized spacial score (nSPS) is 10.7. The van der Waals surface area contributed by atoms with Crippen LogP contribution in [0.2, 0.25) is 0 Å². The molecule has 0 bridgehead atoms. The number of benzene rings is 2. The highest BCUT2D eigenvalue weighted by Gasteiger charge is 2.12. The Morgan fingerprint density at radius 2 is 1.52 bits per heavy atom. The van der Waals surface area contributed by atoms with Gasteiger partial charge in [-0.1, -0.05) is 54.6 Å². The van der Waals surface area contributed by atoms with Gasteiger partial charge in [0, 0.05) is 40.4 Å². The van der Waals surface area contributed by atoms with Crippen LogP contribution >= 0.6 is 0 Å². The van der Waals surface area contributed by atoms with Crippen molar-refractivity contribution in [2.75, 3.05) is 0 Å². The van der Waals surface area contributed by atoms with E-state index in [1.807, 2.05) is 73.2 Å². The van der Waals surface area contributed by atoms with Crippen LogP contribution in [-0.2, 0) is 6.54 Å². The van der Waals surface area contributed by atoms with Crippen molar-refractivity contribution in [3.05, 3.63) is 108 Å². The molecule has 0 aliphatic carbocycles. The molecular weight excluding hydrogens is 308 g/mol. The molecule has 2 aromatic carbocycles. The van der Waals surface area contributed by atoms with Crippen LogP contribution in [-0.4, -0.2) is 10.8 Å². The van der Waals surface area contributed by atoms with Crippen LogP contribution in [0.25, 0.3) is 10.9 Å². The van der Waals surface area contributed by atoms with Gasteiger partial charge >= 0.3 is 0 Å². The first-order valence-electron chi connectivity index (χ1n) is 8.23. The minimum absolute atomic E-state index is 0.0413. The highest BCUT2D eigenvalue weighted by Crippen LogP contribution is 2.15. The smallest absolute Gasteiger partial charge is 0.193 e. The van der Waals surface area contributed by atoms with Crippen LogP contribution in [0.5, 0.6) is 0 Å². The zero-order valence-corrected chi connectivity index (χ0v) is 13.7. The summed E-state index contributed by atoms with van der Waals surface area (Å²) in [5.74, 6) is 0.0413. The first kappa shape index (κ1) is 15.2. The Bertz CT molecular complexity index is 1020. The van der Waals surface area contributed by atoms with Crippen LogP contribution in [0.15, 0.2) is 91.4 Å². The summed E-state index contributed by atoms with van der Waals surface area (Å²) in [5.41, 5.74) is 3.57. The number of rotatable bonds is 4. The molecule has 0 spiro atoms. The molecule has 0 aliphatic rings. The molecule has 0 fully saturated rings. The van der Waals surface area contributed by atoms with Gasteiger partial charge in [0.05, 0.1) is 5.52 Å². The minimum Gasteiger partial charge on any atom is -0.289 e. The highest BCUT2D eigenvalue weighted by atomic mass is 16.1. The fraction of sp³-hybridized carbons (Fsp3) is 0.0455. The van der Waals surface area contributed by atoms with Gasteiger partial charge in [0.15, 0.2) is 24.7 Å². The van der Waals surface area contributed by atoms with Gasteiger partial charge in [-0.3, -0.25) is 9.78 Å². The van der Waals surface area contributed by atoms with Gasteiger partial charge in [-0.15, -0.1) is 0 Å². The number of carbonyl (C=O) groups is 1.